The summed E-state index contributed by atoms with van der Waals surface area (Å²) in [6.07, 6.45) is -2.69. The molecular formula is C15H19N3O10. The Kier molecular flexibility index (Phi) is 7.74. The SMILES string of the molecule is NCC(=O)N[C@@H](CCC(=O)O)C(=O)[C@H]1CC(=O)N([C@@H](CC(=O)O)C(=O)O)C1=O. The maximum Gasteiger partial charge on any atom is 0.327 e. The van der Waals surface area contributed by atoms with Crippen LogP contribution in [0.2, 0.25) is 0 Å². The van der Waals surface area contributed by atoms with Gasteiger partial charge in [-0.05, 0) is 6.42 Å². The van der Waals surface area contributed by atoms with Crippen LogP contribution in [0, 0.1) is 5.92 Å². The van der Waals surface area contributed by atoms with Crippen LogP contribution >= 0.6 is 0 Å². The van der Waals surface area contributed by atoms with Crippen molar-refractivity contribution in [1.29, 1.82) is 0 Å². The number of carboxylic acid groups (broad SMARTS) is 3. The summed E-state index contributed by atoms with van der Waals surface area (Å²) in [6.45, 7) is -0.514. The van der Waals surface area contributed by atoms with Crippen LogP contribution in [0.1, 0.15) is 25.7 Å². The van der Waals surface area contributed by atoms with E-state index in [9.17, 15) is 33.6 Å². The maximum absolute atomic E-state index is 12.6. The summed E-state index contributed by atoms with van der Waals surface area (Å²) in [6, 6.07) is -3.43. The highest BCUT2D eigenvalue weighted by molar-refractivity contribution is 6.17. The first-order chi connectivity index (χ1) is 13.0. The molecule has 1 saturated heterocycles. The van der Waals surface area contributed by atoms with Gasteiger partial charge in [-0.15, -0.1) is 0 Å². The summed E-state index contributed by atoms with van der Waals surface area (Å²) >= 11 is 0. The van der Waals surface area contributed by atoms with Gasteiger partial charge in [0.1, 0.15) is 12.0 Å². The van der Waals surface area contributed by atoms with Gasteiger partial charge in [-0.2, -0.15) is 0 Å². The Balaban J connectivity index is 3.07. The number of ketones is 1. The second-order valence-electron chi connectivity index (χ2n) is 5.97. The number of amides is 3. The van der Waals surface area contributed by atoms with Crippen LogP contribution in [0.5, 0.6) is 0 Å². The largest absolute Gasteiger partial charge is 0.481 e. The quantitative estimate of drug-likeness (QED) is 0.175. The molecule has 0 saturated carbocycles. The lowest BCUT2D eigenvalue weighted by molar-refractivity contribution is -0.158. The molecule has 3 atom stereocenters. The van der Waals surface area contributed by atoms with Gasteiger partial charge in [-0.25, -0.2) is 4.79 Å². The van der Waals surface area contributed by atoms with E-state index < -0.39 is 85.2 Å². The van der Waals surface area contributed by atoms with Crippen molar-refractivity contribution in [3.63, 3.8) is 0 Å². The third-order valence-electron chi connectivity index (χ3n) is 4.00. The van der Waals surface area contributed by atoms with E-state index in [0.29, 0.717) is 0 Å². The number of rotatable bonds is 11. The molecule has 0 spiro atoms. The molecule has 13 nitrogen and oxygen atoms in total. The molecule has 0 aromatic carbocycles. The number of Topliss-reactive ketones (excluding diaryl/α,β-unsaturated/α-hetero) is 1. The number of nitrogens with one attached hydrogen (secondary N) is 1. The van der Waals surface area contributed by atoms with Crippen LogP contribution in [-0.4, -0.2) is 80.3 Å². The lowest BCUT2D eigenvalue weighted by atomic mass is 9.93. The fourth-order valence-corrected chi connectivity index (χ4v) is 2.70. The first-order valence-corrected chi connectivity index (χ1v) is 8.05. The van der Waals surface area contributed by atoms with Gasteiger partial charge in [0, 0.05) is 12.8 Å². The van der Waals surface area contributed by atoms with Gasteiger partial charge < -0.3 is 26.4 Å². The van der Waals surface area contributed by atoms with Crippen molar-refractivity contribution in [3.8, 4) is 0 Å². The van der Waals surface area contributed by atoms with Crippen LogP contribution in [0.4, 0.5) is 0 Å². The zero-order valence-electron chi connectivity index (χ0n) is 14.5. The van der Waals surface area contributed by atoms with Crippen molar-refractivity contribution >= 4 is 41.4 Å². The number of imide groups is 1. The molecule has 1 heterocycles. The van der Waals surface area contributed by atoms with Crippen LogP contribution in [0.25, 0.3) is 0 Å². The van der Waals surface area contributed by atoms with Gasteiger partial charge in [-0.1, -0.05) is 0 Å². The summed E-state index contributed by atoms with van der Waals surface area (Å²) in [7, 11) is 0. The van der Waals surface area contributed by atoms with Gasteiger partial charge in [0.25, 0.3) is 0 Å². The molecule has 3 amide bonds. The molecule has 6 N–H and O–H groups in total. The van der Waals surface area contributed by atoms with E-state index in [0.717, 1.165) is 0 Å². The topological polar surface area (TPSA) is 221 Å². The second kappa shape index (κ2) is 9.55. The number of nitrogens with two attached hydrogens (primary N) is 1. The predicted octanol–water partition coefficient (Wildman–Crippen LogP) is -2.83. The summed E-state index contributed by atoms with van der Waals surface area (Å²) in [5.74, 6) is -10.3. The summed E-state index contributed by atoms with van der Waals surface area (Å²) in [4.78, 5) is 81.7. The first-order valence-electron chi connectivity index (χ1n) is 8.05. The number of nitrogens with zero attached hydrogens (tertiary/aromatic N) is 1. The molecular weight excluding hydrogens is 382 g/mol. The monoisotopic (exact) mass is 401 g/mol. The van der Waals surface area contributed by atoms with Crippen molar-refractivity contribution in [3.05, 3.63) is 0 Å². The van der Waals surface area contributed by atoms with Crippen molar-refractivity contribution < 1.29 is 48.9 Å². The Hall–Kier alpha value is -3.35. The summed E-state index contributed by atoms with van der Waals surface area (Å²) < 4.78 is 0. The van der Waals surface area contributed by atoms with Crippen LogP contribution in [0.3, 0.4) is 0 Å². The van der Waals surface area contributed by atoms with E-state index in [1.165, 1.54) is 0 Å². The molecule has 1 rings (SSSR count). The van der Waals surface area contributed by atoms with Crippen LogP contribution in [0.15, 0.2) is 0 Å². The highest BCUT2D eigenvalue weighted by atomic mass is 16.4. The molecule has 154 valence electrons. The number of hydrogen-bond donors (Lipinski definition) is 5. The minimum atomic E-state index is -1.99. The molecule has 28 heavy (non-hydrogen) atoms. The fourth-order valence-electron chi connectivity index (χ4n) is 2.70. The van der Waals surface area contributed by atoms with Gasteiger partial charge in [0.15, 0.2) is 5.78 Å². The van der Waals surface area contributed by atoms with Crippen molar-refractivity contribution in [1.82, 2.24) is 10.2 Å². The Morgan fingerprint density at radius 3 is 2.18 bits per heavy atom. The summed E-state index contributed by atoms with van der Waals surface area (Å²) in [5.41, 5.74) is 5.13. The predicted molar refractivity (Wildman–Crippen MR) is 86.5 cm³/mol. The molecule has 1 fully saturated rings. The molecule has 1 aliphatic rings. The number of hydrogen-bond acceptors (Lipinski definition) is 8. The van der Waals surface area contributed by atoms with E-state index >= 15 is 0 Å². The Morgan fingerprint density at radius 1 is 1.11 bits per heavy atom. The van der Waals surface area contributed by atoms with E-state index in [1.54, 1.807) is 0 Å². The normalized spacial score (nSPS) is 18.5. The van der Waals surface area contributed by atoms with Crippen LogP contribution in [-0.2, 0) is 33.6 Å². The van der Waals surface area contributed by atoms with Gasteiger partial charge in [0.05, 0.1) is 19.0 Å². The van der Waals surface area contributed by atoms with Gasteiger partial charge >= 0.3 is 17.9 Å². The minimum absolute atomic E-state index is 0.206. The highest BCUT2D eigenvalue weighted by Crippen LogP contribution is 2.26. The zero-order valence-corrected chi connectivity index (χ0v) is 14.5. The molecule has 13 heteroatoms. The average Bonchev–Trinajstić information content (AvgIpc) is 2.89. The Bertz CT molecular complexity index is 719. The fraction of sp³-hybridized carbons (Fsp3) is 0.533. The summed E-state index contributed by atoms with van der Waals surface area (Å²) in [5, 5.41) is 28.8. The van der Waals surface area contributed by atoms with Gasteiger partial charge in [0.2, 0.25) is 17.7 Å². The first kappa shape index (κ1) is 22.7. The van der Waals surface area contributed by atoms with E-state index in [4.69, 9.17) is 21.1 Å². The zero-order chi connectivity index (χ0) is 21.6. The smallest absolute Gasteiger partial charge is 0.327 e. The number of carbonyl (C=O) groups excluding carboxylic acids is 4. The van der Waals surface area contributed by atoms with E-state index in [2.05, 4.69) is 5.32 Å². The van der Waals surface area contributed by atoms with Crippen LogP contribution < -0.4 is 11.1 Å². The number of carboxylic acids is 3. The van der Waals surface area contributed by atoms with Crippen molar-refractivity contribution in [2.24, 2.45) is 11.7 Å². The molecule has 1 aliphatic heterocycles. The molecule has 0 bridgehead atoms. The lowest BCUT2D eigenvalue weighted by Crippen LogP contribution is -2.49. The number of carbonyl (C=O) groups is 7. The number of likely N-dealkylation sites (tertiary alicyclic amines) is 1. The van der Waals surface area contributed by atoms with E-state index in [-0.39, 0.29) is 11.3 Å². The van der Waals surface area contributed by atoms with Crippen molar-refractivity contribution in [2.45, 2.75) is 37.8 Å². The molecule has 0 aromatic rings. The molecule has 0 radical (unpaired) electrons. The standard InChI is InChI=1S/C15H19N3O10/c16-5-9(19)17-7(1-2-11(21)22)13(25)6-3-10(20)18(14(6)26)8(15(27)28)4-12(23)24/h6-8H,1-5,16H2,(H,17,19)(H,21,22)(H,23,24)(H,27,28)/t6-,7+,8+/m1/s1. The lowest BCUT2D eigenvalue weighted by Gasteiger charge is -2.22. The second-order valence-corrected chi connectivity index (χ2v) is 5.97. The maximum atomic E-state index is 12.6. The third kappa shape index (κ3) is 5.57. The van der Waals surface area contributed by atoms with E-state index in [1.807, 2.05) is 0 Å². The Labute approximate surface area is 157 Å². The van der Waals surface area contributed by atoms with Crippen molar-refractivity contribution in [2.75, 3.05) is 6.54 Å². The highest BCUT2D eigenvalue weighted by Gasteiger charge is 2.49. The third-order valence-corrected chi connectivity index (χ3v) is 4.00. The molecule has 0 unspecified atom stereocenters. The minimum Gasteiger partial charge on any atom is -0.481 e. The molecule has 0 aliphatic carbocycles. The number of aliphatic carboxylic acids is 3. The molecule has 0 aromatic heterocycles. The van der Waals surface area contributed by atoms with Gasteiger partial charge in [-0.3, -0.25) is 33.7 Å². The Morgan fingerprint density at radius 2 is 1.71 bits per heavy atom. The average molecular weight is 401 g/mol.